The van der Waals surface area contributed by atoms with Crippen molar-refractivity contribution in [2.45, 2.75) is 63.7 Å². The van der Waals surface area contributed by atoms with Gasteiger partial charge in [-0.15, -0.1) is 0 Å². The van der Waals surface area contributed by atoms with Gasteiger partial charge in [0, 0.05) is 25.9 Å². The van der Waals surface area contributed by atoms with Crippen molar-refractivity contribution in [1.82, 2.24) is 15.1 Å². The van der Waals surface area contributed by atoms with Gasteiger partial charge in [-0.3, -0.25) is 14.3 Å². The summed E-state index contributed by atoms with van der Waals surface area (Å²) in [5.41, 5.74) is 1.70. The number of amides is 1. The lowest BCUT2D eigenvalue weighted by Crippen LogP contribution is -2.32. The van der Waals surface area contributed by atoms with E-state index in [1.165, 1.54) is 25.7 Å². The molecule has 138 valence electrons. The predicted octanol–water partition coefficient (Wildman–Crippen LogP) is 3.09. The Morgan fingerprint density at radius 1 is 1.16 bits per heavy atom. The van der Waals surface area contributed by atoms with Gasteiger partial charge >= 0.3 is 5.97 Å². The normalized spacial score (nSPS) is 24.4. The first kappa shape index (κ1) is 18.0. The van der Waals surface area contributed by atoms with Crippen LogP contribution in [-0.2, 0) is 11.8 Å². The number of aromatic nitrogens is 2. The smallest absolute Gasteiger partial charge is 0.303 e. The molecule has 0 bridgehead atoms. The van der Waals surface area contributed by atoms with Crippen LogP contribution in [0.15, 0.2) is 6.07 Å². The molecule has 1 aromatic rings. The maximum Gasteiger partial charge on any atom is 0.303 e. The van der Waals surface area contributed by atoms with E-state index in [-0.39, 0.29) is 12.3 Å². The number of aliphatic carboxylic acids is 1. The van der Waals surface area contributed by atoms with Gasteiger partial charge in [0.2, 0.25) is 0 Å². The molecule has 6 nitrogen and oxygen atoms in total. The molecular weight excluding hydrogens is 318 g/mol. The van der Waals surface area contributed by atoms with Crippen LogP contribution in [0, 0.1) is 11.8 Å². The largest absolute Gasteiger partial charge is 0.481 e. The molecule has 3 rings (SSSR count). The molecule has 6 heteroatoms. The zero-order valence-corrected chi connectivity index (χ0v) is 15.0. The highest BCUT2D eigenvalue weighted by Gasteiger charge is 2.25. The third kappa shape index (κ3) is 4.61. The van der Waals surface area contributed by atoms with Gasteiger partial charge in [-0.25, -0.2) is 0 Å². The fourth-order valence-electron chi connectivity index (χ4n) is 4.34. The second-order valence-corrected chi connectivity index (χ2v) is 7.75. The quantitative estimate of drug-likeness (QED) is 0.828. The van der Waals surface area contributed by atoms with Crippen LogP contribution in [0.1, 0.15) is 79.9 Å². The van der Waals surface area contributed by atoms with Crippen molar-refractivity contribution in [3.8, 4) is 0 Å². The van der Waals surface area contributed by atoms with Crippen LogP contribution >= 0.6 is 0 Å². The van der Waals surface area contributed by atoms with Crippen molar-refractivity contribution in [3.05, 3.63) is 17.5 Å². The summed E-state index contributed by atoms with van der Waals surface area (Å²) in [4.78, 5) is 23.3. The molecule has 25 heavy (non-hydrogen) atoms. The summed E-state index contributed by atoms with van der Waals surface area (Å²) in [5, 5.41) is 16.5. The average Bonchev–Trinajstić information content (AvgIpc) is 3.23. The van der Waals surface area contributed by atoms with Gasteiger partial charge in [0.15, 0.2) is 0 Å². The highest BCUT2D eigenvalue weighted by Crippen LogP contribution is 2.33. The molecule has 0 spiro atoms. The Morgan fingerprint density at radius 2 is 1.80 bits per heavy atom. The Bertz CT molecular complexity index is 611. The van der Waals surface area contributed by atoms with Crippen LogP contribution in [0.5, 0.6) is 0 Å². The van der Waals surface area contributed by atoms with E-state index in [9.17, 15) is 9.59 Å². The summed E-state index contributed by atoms with van der Waals surface area (Å²) in [7, 11) is 1.84. The highest BCUT2D eigenvalue weighted by atomic mass is 16.4. The van der Waals surface area contributed by atoms with Gasteiger partial charge in [-0.05, 0) is 56.4 Å². The molecular formula is C19H29N3O3. The van der Waals surface area contributed by atoms with Crippen molar-refractivity contribution in [2.75, 3.05) is 6.54 Å². The minimum Gasteiger partial charge on any atom is -0.481 e. The zero-order chi connectivity index (χ0) is 17.8. The van der Waals surface area contributed by atoms with Gasteiger partial charge in [-0.1, -0.05) is 12.8 Å². The van der Waals surface area contributed by atoms with E-state index < -0.39 is 5.97 Å². The van der Waals surface area contributed by atoms with Crippen LogP contribution in [0.2, 0.25) is 0 Å². The molecule has 0 aromatic carbocycles. The minimum atomic E-state index is -0.703. The second-order valence-electron chi connectivity index (χ2n) is 7.75. The van der Waals surface area contributed by atoms with E-state index >= 15 is 0 Å². The predicted molar refractivity (Wildman–Crippen MR) is 94.5 cm³/mol. The summed E-state index contributed by atoms with van der Waals surface area (Å²) in [6, 6.07) is 1.95. The van der Waals surface area contributed by atoms with Crippen molar-refractivity contribution >= 4 is 11.9 Å². The molecule has 2 aliphatic carbocycles. The lowest BCUT2D eigenvalue weighted by atomic mass is 9.80. The maximum atomic E-state index is 12.5. The number of carbonyl (C=O) groups excluding carboxylic acids is 1. The van der Waals surface area contributed by atoms with E-state index in [0.717, 1.165) is 31.4 Å². The molecule has 2 saturated carbocycles. The lowest BCUT2D eigenvalue weighted by molar-refractivity contribution is -0.138. The van der Waals surface area contributed by atoms with Crippen molar-refractivity contribution in [2.24, 2.45) is 18.9 Å². The van der Waals surface area contributed by atoms with Gasteiger partial charge in [0.25, 0.3) is 5.91 Å². The first-order valence-electron chi connectivity index (χ1n) is 9.57. The first-order chi connectivity index (χ1) is 12.0. The van der Waals surface area contributed by atoms with E-state index in [2.05, 4.69) is 10.4 Å². The van der Waals surface area contributed by atoms with Crippen LogP contribution in [-0.4, -0.2) is 33.3 Å². The summed E-state index contributed by atoms with van der Waals surface area (Å²) in [6.07, 6.45) is 9.04. The number of rotatable bonds is 6. The summed E-state index contributed by atoms with van der Waals surface area (Å²) < 4.78 is 1.70. The first-order valence-corrected chi connectivity index (χ1v) is 9.57. The van der Waals surface area contributed by atoms with Crippen molar-refractivity contribution in [1.29, 1.82) is 0 Å². The molecule has 2 fully saturated rings. The molecule has 1 aromatic heterocycles. The standard InChI is InChI=1S/C19H29N3O3/c1-22-17(11-16(21-22)15-4-2-3-5-15)19(25)20-12-14-8-6-13(7-9-14)10-18(23)24/h11,13-15H,2-10,12H2,1H3,(H,20,25)(H,23,24). The SMILES string of the molecule is Cn1nc(C2CCCC2)cc1C(=O)NCC1CCC(CC(=O)O)CC1. The topological polar surface area (TPSA) is 84.2 Å². The van der Waals surface area contributed by atoms with E-state index in [0.29, 0.717) is 30.0 Å². The Hall–Kier alpha value is -1.85. The molecule has 0 radical (unpaired) electrons. The van der Waals surface area contributed by atoms with Crippen molar-refractivity contribution < 1.29 is 14.7 Å². The van der Waals surface area contributed by atoms with Gasteiger partial charge < -0.3 is 10.4 Å². The Labute approximate surface area is 149 Å². The Balaban J connectivity index is 1.47. The second kappa shape index (κ2) is 8.02. The van der Waals surface area contributed by atoms with E-state index in [4.69, 9.17) is 5.11 Å². The molecule has 2 N–H and O–H groups in total. The van der Waals surface area contributed by atoms with Crippen LogP contribution in [0.25, 0.3) is 0 Å². The molecule has 2 aliphatic rings. The molecule has 0 unspecified atom stereocenters. The summed E-state index contributed by atoms with van der Waals surface area (Å²) >= 11 is 0. The summed E-state index contributed by atoms with van der Waals surface area (Å²) in [5.74, 6) is 0.516. The lowest BCUT2D eigenvalue weighted by Gasteiger charge is -2.27. The molecule has 0 atom stereocenters. The number of carboxylic acids is 1. The number of hydrogen-bond acceptors (Lipinski definition) is 3. The average molecular weight is 347 g/mol. The third-order valence-electron chi connectivity index (χ3n) is 5.89. The number of carboxylic acid groups (broad SMARTS) is 1. The fraction of sp³-hybridized carbons (Fsp3) is 0.737. The molecule has 0 aliphatic heterocycles. The third-order valence-corrected chi connectivity index (χ3v) is 5.89. The number of nitrogens with one attached hydrogen (secondary N) is 1. The minimum absolute atomic E-state index is 0.0492. The van der Waals surface area contributed by atoms with Gasteiger partial charge in [0.05, 0.1) is 5.69 Å². The fourth-order valence-corrected chi connectivity index (χ4v) is 4.34. The zero-order valence-electron chi connectivity index (χ0n) is 15.0. The highest BCUT2D eigenvalue weighted by molar-refractivity contribution is 5.92. The van der Waals surface area contributed by atoms with Crippen LogP contribution in [0.4, 0.5) is 0 Å². The van der Waals surface area contributed by atoms with E-state index in [1.54, 1.807) is 4.68 Å². The molecule has 1 amide bonds. The molecule has 1 heterocycles. The van der Waals surface area contributed by atoms with Crippen LogP contribution in [0.3, 0.4) is 0 Å². The summed E-state index contributed by atoms with van der Waals surface area (Å²) in [6.45, 7) is 0.669. The van der Waals surface area contributed by atoms with Crippen LogP contribution < -0.4 is 5.32 Å². The number of hydrogen-bond donors (Lipinski definition) is 2. The number of nitrogens with zero attached hydrogens (tertiary/aromatic N) is 2. The van der Waals surface area contributed by atoms with Crippen molar-refractivity contribution in [3.63, 3.8) is 0 Å². The van der Waals surface area contributed by atoms with Gasteiger partial charge in [0.1, 0.15) is 5.69 Å². The Morgan fingerprint density at radius 3 is 2.44 bits per heavy atom. The van der Waals surface area contributed by atoms with Gasteiger partial charge in [-0.2, -0.15) is 5.10 Å². The maximum absolute atomic E-state index is 12.5. The van der Waals surface area contributed by atoms with E-state index in [1.807, 2.05) is 13.1 Å². The number of carbonyl (C=O) groups is 2. The number of aryl methyl sites for hydroxylation is 1. The monoisotopic (exact) mass is 347 g/mol. The molecule has 0 saturated heterocycles. The Kier molecular flexibility index (Phi) is 5.76.